The molecule has 3 nitrogen and oxygen atoms in total. The standard InChI is InChI=1S/C18H19N3S/c1-3-4-11-21-14-8-6-5-7-12(14)16-15(21)10-9-13-17(16)22-18(19-2)20-13/h5-10H,3-4,11H2,1-2H3,(H,19,20). The quantitative estimate of drug-likeness (QED) is 0.558. The van der Waals surface area contributed by atoms with Gasteiger partial charge in [0, 0.05) is 29.9 Å². The minimum Gasteiger partial charge on any atom is -0.365 e. The fraction of sp³-hybridized carbons (Fsp3) is 0.278. The van der Waals surface area contributed by atoms with Gasteiger partial charge in [0.15, 0.2) is 5.13 Å². The van der Waals surface area contributed by atoms with Crippen molar-refractivity contribution in [1.29, 1.82) is 0 Å². The fourth-order valence-corrected chi connectivity index (χ4v) is 4.16. The molecule has 4 heteroatoms. The van der Waals surface area contributed by atoms with E-state index in [4.69, 9.17) is 0 Å². The van der Waals surface area contributed by atoms with Crippen molar-refractivity contribution in [2.24, 2.45) is 0 Å². The van der Waals surface area contributed by atoms with E-state index in [1.54, 1.807) is 11.3 Å². The van der Waals surface area contributed by atoms with Crippen LogP contribution in [0, 0.1) is 0 Å². The van der Waals surface area contributed by atoms with Crippen molar-refractivity contribution in [3.05, 3.63) is 36.4 Å². The Balaban J connectivity index is 2.13. The zero-order chi connectivity index (χ0) is 15.1. The predicted molar refractivity (Wildman–Crippen MR) is 97.1 cm³/mol. The maximum Gasteiger partial charge on any atom is 0.183 e. The first-order valence-electron chi connectivity index (χ1n) is 7.81. The molecule has 2 aromatic carbocycles. The van der Waals surface area contributed by atoms with Crippen LogP contribution in [0.5, 0.6) is 0 Å². The van der Waals surface area contributed by atoms with Gasteiger partial charge >= 0.3 is 0 Å². The summed E-state index contributed by atoms with van der Waals surface area (Å²) in [6.07, 6.45) is 2.41. The first-order chi connectivity index (χ1) is 10.8. The molecular formula is C18H19N3S. The Hall–Kier alpha value is -2.07. The molecule has 0 saturated carbocycles. The number of aryl methyl sites for hydroxylation is 1. The van der Waals surface area contributed by atoms with Gasteiger partial charge in [0.25, 0.3) is 0 Å². The Labute approximate surface area is 133 Å². The van der Waals surface area contributed by atoms with E-state index in [-0.39, 0.29) is 0 Å². The number of benzene rings is 2. The molecule has 0 unspecified atom stereocenters. The van der Waals surface area contributed by atoms with Gasteiger partial charge in [-0.1, -0.05) is 42.9 Å². The van der Waals surface area contributed by atoms with Gasteiger partial charge in [0.1, 0.15) is 0 Å². The molecule has 0 atom stereocenters. The SMILES string of the molecule is CCCCn1c2ccccc2c2c3sc(NC)nc3ccc21. The Morgan fingerprint density at radius 1 is 1.14 bits per heavy atom. The van der Waals surface area contributed by atoms with E-state index in [2.05, 4.69) is 58.2 Å². The molecule has 2 aromatic heterocycles. The summed E-state index contributed by atoms with van der Waals surface area (Å²) in [5.74, 6) is 0. The third-order valence-corrected chi connectivity index (χ3v) is 5.35. The molecule has 0 spiro atoms. The smallest absolute Gasteiger partial charge is 0.183 e. The summed E-state index contributed by atoms with van der Waals surface area (Å²) < 4.78 is 3.75. The van der Waals surface area contributed by atoms with E-state index in [1.807, 2.05) is 7.05 Å². The van der Waals surface area contributed by atoms with Crippen molar-refractivity contribution in [3.63, 3.8) is 0 Å². The number of hydrogen-bond donors (Lipinski definition) is 1. The third kappa shape index (κ3) is 1.91. The topological polar surface area (TPSA) is 29.9 Å². The minimum absolute atomic E-state index is 0.980. The van der Waals surface area contributed by atoms with Crippen molar-refractivity contribution in [1.82, 2.24) is 9.55 Å². The summed E-state index contributed by atoms with van der Waals surface area (Å²) in [5.41, 5.74) is 3.74. The van der Waals surface area contributed by atoms with Crippen LogP contribution in [-0.4, -0.2) is 16.6 Å². The summed E-state index contributed by atoms with van der Waals surface area (Å²) in [6.45, 7) is 3.32. The lowest BCUT2D eigenvalue weighted by molar-refractivity contribution is 0.665. The molecular weight excluding hydrogens is 290 g/mol. The average Bonchev–Trinajstić information content (AvgIpc) is 3.11. The highest BCUT2D eigenvalue weighted by Crippen LogP contribution is 2.38. The molecule has 4 rings (SSSR count). The zero-order valence-electron chi connectivity index (χ0n) is 12.9. The monoisotopic (exact) mass is 309 g/mol. The number of fused-ring (bicyclic) bond motifs is 5. The molecule has 112 valence electrons. The van der Waals surface area contributed by atoms with Crippen LogP contribution in [0.25, 0.3) is 32.0 Å². The fourth-order valence-electron chi connectivity index (χ4n) is 3.18. The highest BCUT2D eigenvalue weighted by Gasteiger charge is 2.15. The summed E-state index contributed by atoms with van der Waals surface area (Å²) in [5, 5.41) is 6.84. The molecule has 0 saturated heterocycles. The van der Waals surface area contributed by atoms with Crippen molar-refractivity contribution < 1.29 is 0 Å². The van der Waals surface area contributed by atoms with Gasteiger partial charge in [0.05, 0.1) is 15.7 Å². The van der Waals surface area contributed by atoms with Gasteiger partial charge in [-0.2, -0.15) is 0 Å². The minimum atomic E-state index is 0.980. The lowest BCUT2D eigenvalue weighted by atomic mass is 10.1. The van der Waals surface area contributed by atoms with E-state index < -0.39 is 0 Å². The number of nitrogens with zero attached hydrogens (tertiary/aromatic N) is 2. The maximum absolute atomic E-state index is 4.66. The summed E-state index contributed by atoms with van der Waals surface area (Å²) in [4.78, 5) is 4.66. The Kier molecular flexibility index (Phi) is 3.26. The largest absolute Gasteiger partial charge is 0.365 e. The molecule has 0 fully saturated rings. The number of nitrogens with one attached hydrogen (secondary N) is 1. The number of thiazole rings is 1. The van der Waals surface area contributed by atoms with E-state index in [0.29, 0.717) is 0 Å². The molecule has 2 heterocycles. The average molecular weight is 309 g/mol. The summed E-state index contributed by atoms with van der Waals surface area (Å²) >= 11 is 1.74. The highest BCUT2D eigenvalue weighted by atomic mass is 32.1. The zero-order valence-corrected chi connectivity index (χ0v) is 13.7. The number of hydrogen-bond acceptors (Lipinski definition) is 3. The molecule has 22 heavy (non-hydrogen) atoms. The third-order valence-electron chi connectivity index (χ3n) is 4.24. The Morgan fingerprint density at radius 3 is 2.82 bits per heavy atom. The van der Waals surface area contributed by atoms with Crippen LogP contribution in [0.4, 0.5) is 5.13 Å². The van der Waals surface area contributed by atoms with Crippen molar-refractivity contribution in [3.8, 4) is 0 Å². The van der Waals surface area contributed by atoms with Crippen LogP contribution in [0.2, 0.25) is 0 Å². The van der Waals surface area contributed by atoms with Crippen molar-refractivity contribution >= 4 is 48.5 Å². The first-order valence-corrected chi connectivity index (χ1v) is 8.63. The second kappa shape index (κ2) is 5.29. The van der Waals surface area contributed by atoms with Crippen LogP contribution < -0.4 is 5.32 Å². The highest BCUT2D eigenvalue weighted by molar-refractivity contribution is 7.23. The van der Waals surface area contributed by atoms with Gasteiger partial charge in [-0.3, -0.25) is 0 Å². The molecule has 0 aliphatic rings. The van der Waals surface area contributed by atoms with Crippen LogP contribution in [-0.2, 0) is 6.54 Å². The van der Waals surface area contributed by atoms with E-state index in [9.17, 15) is 0 Å². The lowest BCUT2D eigenvalue weighted by Gasteiger charge is -2.05. The molecule has 1 N–H and O–H groups in total. The van der Waals surface area contributed by atoms with E-state index in [1.165, 1.54) is 39.3 Å². The van der Waals surface area contributed by atoms with Crippen molar-refractivity contribution in [2.45, 2.75) is 26.3 Å². The maximum atomic E-state index is 4.66. The van der Waals surface area contributed by atoms with E-state index >= 15 is 0 Å². The molecule has 0 aliphatic carbocycles. The number of anilines is 1. The van der Waals surface area contributed by atoms with Gasteiger partial charge < -0.3 is 9.88 Å². The predicted octanol–water partition coefficient (Wildman–Crippen LogP) is 5.25. The van der Waals surface area contributed by atoms with Crippen LogP contribution >= 0.6 is 11.3 Å². The Bertz CT molecular complexity index is 965. The molecule has 4 aromatic rings. The van der Waals surface area contributed by atoms with Gasteiger partial charge in [-0.15, -0.1) is 0 Å². The van der Waals surface area contributed by atoms with E-state index in [0.717, 1.165) is 17.2 Å². The number of rotatable bonds is 4. The lowest BCUT2D eigenvalue weighted by Crippen LogP contribution is -1.96. The van der Waals surface area contributed by atoms with Crippen LogP contribution in [0.15, 0.2) is 36.4 Å². The molecule has 0 bridgehead atoms. The molecule has 0 amide bonds. The first kappa shape index (κ1) is 13.6. The summed E-state index contributed by atoms with van der Waals surface area (Å²) in [6, 6.07) is 13.1. The second-order valence-corrected chi connectivity index (χ2v) is 6.60. The normalized spacial score (nSPS) is 11.7. The van der Waals surface area contributed by atoms with Gasteiger partial charge in [0.2, 0.25) is 0 Å². The molecule has 0 radical (unpaired) electrons. The van der Waals surface area contributed by atoms with Gasteiger partial charge in [-0.25, -0.2) is 4.98 Å². The van der Waals surface area contributed by atoms with Gasteiger partial charge in [-0.05, 0) is 24.6 Å². The molecule has 0 aliphatic heterocycles. The second-order valence-electron chi connectivity index (χ2n) is 5.60. The number of aromatic nitrogens is 2. The Morgan fingerprint density at radius 2 is 2.00 bits per heavy atom. The van der Waals surface area contributed by atoms with Crippen LogP contribution in [0.1, 0.15) is 19.8 Å². The number of para-hydroxylation sites is 1. The summed E-state index contributed by atoms with van der Waals surface area (Å²) in [7, 11) is 1.93. The van der Waals surface area contributed by atoms with Crippen LogP contribution in [0.3, 0.4) is 0 Å². The number of unbranched alkanes of at least 4 members (excludes halogenated alkanes) is 1. The van der Waals surface area contributed by atoms with Crippen molar-refractivity contribution in [2.75, 3.05) is 12.4 Å².